The van der Waals surface area contributed by atoms with Crippen LogP contribution in [0.4, 0.5) is 0 Å². The smallest absolute Gasteiger partial charge is 0.273 e. The first-order valence-corrected chi connectivity index (χ1v) is 4.55. The molecule has 0 spiro atoms. The molecule has 0 amide bonds. The van der Waals surface area contributed by atoms with Crippen LogP contribution in [0.1, 0.15) is 26.6 Å². The highest BCUT2D eigenvalue weighted by Crippen LogP contribution is 2.20. The van der Waals surface area contributed by atoms with E-state index in [4.69, 9.17) is 0 Å². The molecule has 0 aromatic carbocycles. The largest absolute Gasteiger partial charge is 0.326 e. The molecule has 2 heterocycles. The summed E-state index contributed by atoms with van der Waals surface area (Å²) in [7, 11) is 0. The third-order valence-corrected chi connectivity index (χ3v) is 2.14. The van der Waals surface area contributed by atoms with Gasteiger partial charge in [0.1, 0.15) is 11.3 Å². The fourth-order valence-electron chi connectivity index (χ4n) is 1.50. The molecule has 0 bridgehead atoms. The molecular weight excluding hydrogens is 178 g/mol. The Labute approximate surface area is 81.6 Å². The Morgan fingerprint density at radius 3 is 2.79 bits per heavy atom. The van der Waals surface area contributed by atoms with E-state index in [0.29, 0.717) is 5.52 Å². The second-order valence-electron chi connectivity index (χ2n) is 4.38. The summed E-state index contributed by atoms with van der Waals surface area (Å²) in [4.78, 5) is 18.3. The molecule has 0 aliphatic carbocycles. The Morgan fingerprint density at radius 2 is 2.14 bits per heavy atom. The minimum Gasteiger partial charge on any atom is -0.326 e. The summed E-state index contributed by atoms with van der Waals surface area (Å²) in [6.07, 6.45) is 5.07. The summed E-state index contributed by atoms with van der Waals surface area (Å²) < 4.78 is 1.83. The van der Waals surface area contributed by atoms with Crippen LogP contribution in [0.2, 0.25) is 0 Å². The molecule has 0 atom stereocenters. The SMILES string of the molecule is CC(C)(C)c1ncc2c(=O)[nH]ccn12. The van der Waals surface area contributed by atoms with Crippen LogP contribution in [0.5, 0.6) is 0 Å². The van der Waals surface area contributed by atoms with E-state index in [0.717, 1.165) is 5.82 Å². The number of nitrogens with zero attached hydrogens (tertiary/aromatic N) is 2. The lowest BCUT2D eigenvalue weighted by Gasteiger charge is -2.16. The Morgan fingerprint density at radius 1 is 1.43 bits per heavy atom. The summed E-state index contributed by atoms with van der Waals surface area (Å²) in [5, 5.41) is 0. The second-order valence-corrected chi connectivity index (χ2v) is 4.38. The van der Waals surface area contributed by atoms with Gasteiger partial charge in [-0.25, -0.2) is 4.98 Å². The van der Waals surface area contributed by atoms with Gasteiger partial charge in [-0.15, -0.1) is 0 Å². The van der Waals surface area contributed by atoms with Crippen molar-refractivity contribution < 1.29 is 0 Å². The normalized spacial score (nSPS) is 12.2. The molecule has 0 fully saturated rings. The molecule has 0 unspecified atom stereocenters. The van der Waals surface area contributed by atoms with Crippen LogP contribution in [0.15, 0.2) is 23.4 Å². The lowest BCUT2D eigenvalue weighted by molar-refractivity contribution is 0.542. The molecule has 0 saturated heterocycles. The van der Waals surface area contributed by atoms with Gasteiger partial charge in [-0.05, 0) is 0 Å². The standard InChI is InChI=1S/C10H13N3O/c1-10(2,3)9-12-6-7-8(14)11-4-5-13(7)9/h4-6H,1-3H3,(H,11,14). The molecule has 4 heteroatoms. The summed E-state index contributed by atoms with van der Waals surface area (Å²) in [6, 6.07) is 0. The number of H-pyrrole nitrogens is 1. The Hall–Kier alpha value is -1.58. The van der Waals surface area contributed by atoms with E-state index >= 15 is 0 Å². The van der Waals surface area contributed by atoms with E-state index in [1.807, 2.05) is 10.6 Å². The Kier molecular flexibility index (Phi) is 1.74. The molecule has 0 aliphatic heterocycles. The van der Waals surface area contributed by atoms with Crippen LogP contribution in [0, 0.1) is 0 Å². The molecule has 14 heavy (non-hydrogen) atoms. The van der Waals surface area contributed by atoms with Crippen LogP contribution in [-0.4, -0.2) is 14.4 Å². The van der Waals surface area contributed by atoms with Crippen LogP contribution in [0.3, 0.4) is 0 Å². The highest BCUT2D eigenvalue weighted by atomic mass is 16.1. The summed E-state index contributed by atoms with van der Waals surface area (Å²) in [5.41, 5.74) is 0.438. The number of hydrogen-bond acceptors (Lipinski definition) is 2. The highest BCUT2D eigenvalue weighted by Gasteiger charge is 2.19. The molecule has 0 radical (unpaired) electrons. The van der Waals surface area contributed by atoms with Gasteiger partial charge in [-0.3, -0.25) is 9.20 Å². The van der Waals surface area contributed by atoms with E-state index in [-0.39, 0.29) is 11.0 Å². The minimum atomic E-state index is -0.101. The van der Waals surface area contributed by atoms with Crippen molar-refractivity contribution in [2.45, 2.75) is 26.2 Å². The summed E-state index contributed by atoms with van der Waals surface area (Å²) >= 11 is 0. The predicted molar refractivity (Wildman–Crippen MR) is 54.5 cm³/mol. The molecule has 4 nitrogen and oxygen atoms in total. The number of rotatable bonds is 0. The fraction of sp³-hybridized carbons (Fsp3) is 0.400. The number of aromatic amines is 1. The molecule has 1 N–H and O–H groups in total. The number of hydrogen-bond donors (Lipinski definition) is 1. The van der Waals surface area contributed by atoms with Gasteiger partial charge in [0.2, 0.25) is 0 Å². The molecular formula is C10H13N3O. The summed E-state index contributed by atoms with van der Waals surface area (Å²) in [5.74, 6) is 0.901. The van der Waals surface area contributed by atoms with Crippen molar-refractivity contribution >= 4 is 5.52 Å². The number of imidazole rings is 1. The molecule has 0 aliphatic rings. The van der Waals surface area contributed by atoms with Gasteiger partial charge < -0.3 is 4.98 Å². The van der Waals surface area contributed by atoms with Crippen LogP contribution >= 0.6 is 0 Å². The molecule has 2 aromatic heterocycles. The monoisotopic (exact) mass is 191 g/mol. The molecule has 2 aromatic rings. The van der Waals surface area contributed by atoms with Crippen molar-refractivity contribution in [1.29, 1.82) is 0 Å². The van der Waals surface area contributed by atoms with Crippen molar-refractivity contribution in [2.75, 3.05) is 0 Å². The summed E-state index contributed by atoms with van der Waals surface area (Å²) in [6.45, 7) is 6.22. The number of aromatic nitrogens is 3. The lowest BCUT2D eigenvalue weighted by atomic mass is 9.96. The third-order valence-electron chi connectivity index (χ3n) is 2.14. The Bertz CT molecular complexity index is 516. The third kappa shape index (κ3) is 1.23. The second kappa shape index (κ2) is 2.70. The average Bonchev–Trinajstić information content (AvgIpc) is 2.47. The fourth-order valence-corrected chi connectivity index (χ4v) is 1.50. The number of nitrogens with one attached hydrogen (secondary N) is 1. The average molecular weight is 191 g/mol. The molecule has 2 rings (SSSR count). The first-order chi connectivity index (χ1) is 6.50. The quantitative estimate of drug-likeness (QED) is 0.682. The van der Waals surface area contributed by atoms with Crippen molar-refractivity contribution in [1.82, 2.24) is 14.4 Å². The van der Waals surface area contributed by atoms with Crippen molar-refractivity contribution in [2.24, 2.45) is 0 Å². The first-order valence-electron chi connectivity index (χ1n) is 4.55. The van der Waals surface area contributed by atoms with Crippen molar-refractivity contribution in [3.05, 3.63) is 34.8 Å². The van der Waals surface area contributed by atoms with E-state index < -0.39 is 0 Å². The zero-order valence-corrected chi connectivity index (χ0v) is 8.53. The van der Waals surface area contributed by atoms with Gasteiger partial charge in [0, 0.05) is 17.8 Å². The maximum absolute atomic E-state index is 11.4. The topological polar surface area (TPSA) is 50.2 Å². The van der Waals surface area contributed by atoms with Gasteiger partial charge in [0.25, 0.3) is 5.56 Å². The minimum absolute atomic E-state index is 0.0553. The van der Waals surface area contributed by atoms with E-state index in [2.05, 4.69) is 30.7 Å². The van der Waals surface area contributed by atoms with E-state index in [9.17, 15) is 4.79 Å². The lowest BCUT2D eigenvalue weighted by Crippen LogP contribution is -2.17. The van der Waals surface area contributed by atoms with Crippen LogP contribution in [-0.2, 0) is 5.41 Å². The van der Waals surface area contributed by atoms with Gasteiger partial charge in [-0.1, -0.05) is 20.8 Å². The van der Waals surface area contributed by atoms with Gasteiger partial charge in [0.15, 0.2) is 0 Å². The number of fused-ring (bicyclic) bond motifs is 1. The van der Waals surface area contributed by atoms with E-state index in [1.54, 1.807) is 12.4 Å². The zero-order valence-electron chi connectivity index (χ0n) is 8.53. The predicted octanol–water partition coefficient (Wildman–Crippen LogP) is 1.32. The Balaban J connectivity index is 2.83. The maximum atomic E-state index is 11.4. The zero-order chi connectivity index (χ0) is 10.3. The van der Waals surface area contributed by atoms with Crippen molar-refractivity contribution in [3.8, 4) is 0 Å². The van der Waals surface area contributed by atoms with Gasteiger partial charge in [0.05, 0.1) is 6.20 Å². The maximum Gasteiger partial charge on any atom is 0.273 e. The van der Waals surface area contributed by atoms with Crippen molar-refractivity contribution in [3.63, 3.8) is 0 Å². The highest BCUT2D eigenvalue weighted by molar-refractivity contribution is 5.43. The van der Waals surface area contributed by atoms with E-state index in [1.165, 1.54) is 0 Å². The van der Waals surface area contributed by atoms with Gasteiger partial charge >= 0.3 is 0 Å². The van der Waals surface area contributed by atoms with Gasteiger partial charge in [-0.2, -0.15) is 0 Å². The van der Waals surface area contributed by atoms with Crippen LogP contribution < -0.4 is 5.56 Å². The first kappa shape index (κ1) is 8.99. The molecule has 0 saturated carbocycles. The van der Waals surface area contributed by atoms with Crippen LogP contribution in [0.25, 0.3) is 5.52 Å². The molecule has 74 valence electrons.